The molecule has 7 heteroatoms. The Hall–Kier alpha value is -2.28. The van der Waals surface area contributed by atoms with E-state index in [0.717, 1.165) is 18.2 Å². The number of halogens is 3. The smallest absolute Gasteiger partial charge is 0.335 e. The van der Waals surface area contributed by atoms with Crippen LogP contribution in [0, 0.1) is 11.6 Å². The van der Waals surface area contributed by atoms with Crippen LogP contribution in [0.1, 0.15) is 20.7 Å². The fraction of sp³-hybridized carbons (Fsp3) is 0. The van der Waals surface area contributed by atoms with Crippen LogP contribution in [0.5, 0.6) is 0 Å². The van der Waals surface area contributed by atoms with Crippen LogP contribution in [0.3, 0.4) is 0 Å². The number of carboxylic acid groups (broad SMARTS) is 1. The van der Waals surface area contributed by atoms with Crippen LogP contribution in [0.2, 0.25) is 0 Å². The highest BCUT2D eigenvalue weighted by atomic mass is 79.9. The van der Waals surface area contributed by atoms with Crippen molar-refractivity contribution in [3.8, 4) is 0 Å². The van der Waals surface area contributed by atoms with Gasteiger partial charge in [0, 0.05) is 15.7 Å². The van der Waals surface area contributed by atoms with Gasteiger partial charge in [0.2, 0.25) is 0 Å². The number of carboxylic acids is 1. The molecule has 0 fully saturated rings. The SMILES string of the molecule is O=C(O)c1cc(Br)cc(NC(=O)c2ccc(F)c(F)c2)c1. The Morgan fingerprint density at radius 2 is 1.71 bits per heavy atom. The highest BCUT2D eigenvalue weighted by Crippen LogP contribution is 2.20. The summed E-state index contributed by atoms with van der Waals surface area (Å²) in [6.07, 6.45) is 0. The second-order valence-electron chi connectivity index (χ2n) is 4.12. The lowest BCUT2D eigenvalue weighted by atomic mass is 10.1. The minimum absolute atomic E-state index is 0.0232. The minimum Gasteiger partial charge on any atom is -0.478 e. The van der Waals surface area contributed by atoms with Crippen molar-refractivity contribution in [2.24, 2.45) is 0 Å². The maximum atomic E-state index is 13.1. The van der Waals surface area contributed by atoms with Gasteiger partial charge in [0.15, 0.2) is 11.6 Å². The third-order valence-corrected chi connectivity index (χ3v) is 3.04. The van der Waals surface area contributed by atoms with Crippen LogP contribution in [0.25, 0.3) is 0 Å². The molecule has 0 radical (unpaired) electrons. The molecule has 1 amide bonds. The van der Waals surface area contributed by atoms with E-state index in [9.17, 15) is 18.4 Å². The summed E-state index contributed by atoms with van der Waals surface area (Å²) in [5.41, 5.74) is 0.118. The number of anilines is 1. The Bertz CT molecular complexity index is 734. The molecule has 0 aliphatic heterocycles. The van der Waals surface area contributed by atoms with E-state index in [-0.39, 0.29) is 16.8 Å². The van der Waals surface area contributed by atoms with E-state index in [1.165, 1.54) is 18.2 Å². The van der Waals surface area contributed by atoms with Crippen LogP contribution < -0.4 is 5.32 Å². The van der Waals surface area contributed by atoms with Crippen molar-refractivity contribution in [3.63, 3.8) is 0 Å². The summed E-state index contributed by atoms with van der Waals surface area (Å²) in [6.45, 7) is 0. The van der Waals surface area contributed by atoms with Crippen molar-refractivity contribution in [1.82, 2.24) is 0 Å². The van der Waals surface area contributed by atoms with E-state index < -0.39 is 23.5 Å². The first-order valence-electron chi connectivity index (χ1n) is 5.67. The van der Waals surface area contributed by atoms with Crippen LogP contribution in [-0.2, 0) is 0 Å². The molecule has 4 nitrogen and oxygen atoms in total. The molecular formula is C14H8BrF2NO3. The number of hydrogen-bond donors (Lipinski definition) is 2. The number of carbonyl (C=O) groups is 2. The van der Waals surface area contributed by atoms with Crippen LogP contribution in [0.4, 0.5) is 14.5 Å². The van der Waals surface area contributed by atoms with E-state index in [0.29, 0.717) is 4.47 Å². The summed E-state index contributed by atoms with van der Waals surface area (Å²) in [4.78, 5) is 22.8. The van der Waals surface area contributed by atoms with Gasteiger partial charge in [0.05, 0.1) is 5.56 Å². The third kappa shape index (κ3) is 3.63. The van der Waals surface area contributed by atoms with Gasteiger partial charge in [-0.25, -0.2) is 13.6 Å². The van der Waals surface area contributed by atoms with Crippen LogP contribution in [-0.4, -0.2) is 17.0 Å². The molecule has 0 spiro atoms. The number of nitrogens with one attached hydrogen (secondary N) is 1. The highest BCUT2D eigenvalue weighted by Gasteiger charge is 2.12. The maximum Gasteiger partial charge on any atom is 0.335 e. The molecule has 0 bridgehead atoms. The van der Waals surface area contributed by atoms with Gasteiger partial charge < -0.3 is 10.4 Å². The average molecular weight is 356 g/mol. The van der Waals surface area contributed by atoms with E-state index >= 15 is 0 Å². The zero-order chi connectivity index (χ0) is 15.6. The second kappa shape index (κ2) is 6.01. The number of aromatic carboxylic acids is 1. The highest BCUT2D eigenvalue weighted by molar-refractivity contribution is 9.10. The van der Waals surface area contributed by atoms with Gasteiger partial charge in [-0.1, -0.05) is 15.9 Å². The van der Waals surface area contributed by atoms with E-state index in [1.807, 2.05) is 0 Å². The van der Waals surface area contributed by atoms with Crippen molar-refractivity contribution in [1.29, 1.82) is 0 Å². The third-order valence-electron chi connectivity index (χ3n) is 2.58. The monoisotopic (exact) mass is 355 g/mol. The normalized spacial score (nSPS) is 10.2. The van der Waals surface area contributed by atoms with Gasteiger partial charge in [-0.05, 0) is 36.4 Å². The molecule has 2 aromatic carbocycles. The Labute approximate surface area is 126 Å². The molecule has 0 aliphatic rings. The Morgan fingerprint density at radius 3 is 2.33 bits per heavy atom. The van der Waals surface area contributed by atoms with Gasteiger partial charge in [0.1, 0.15) is 0 Å². The minimum atomic E-state index is -1.15. The number of rotatable bonds is 3. The van der Waals surface area contributed by atoms with Crippen molar-refractivity contribution < 1.29 is 23.5 Å². The first-order chi connectivity index (χ1) is 9.86. The van der Waals surface area contributed by atoms with Crippen molar-refractivity contribution >= 4 is 33.5 Å². The first-order valence-corrected chi connectivity index (χ1v) is 6.46. The summed E-state index contributed by atoms with van der Waals surface area (Å²) in [5, 5.41) is 11.3. The van der Waals surface area contributed by atoms with Crippen molar-refractivity contribution in [2.45, 2.75) is 0 Å². The zero-order valence-corrected chi connectivity index (χ0v) is 11.9. The number of amides is 1. The topological polar surface area (TPSA) is 66.4 Å². The predicted molar refractivity (Wildman–Crippen MR) is 75.4 cm³/mol. The summed E-state index contributed by atoms with van der Waals surface area (Å²) >= 11 is 3.12. The lowest BCUT2D eigenvalue weighted by Gasteiger charge is -2.07. The predicted octanol–water partition coefficient (Wildman–Crippen LogP) is 3.68. The van der Waals surface area contributed by atoms with Gasteiger partial charge in [0.25, 0.3) is 5.91 Å². The Morgan fingerprint density at radius 1 is 1.00 bits per heavy atom. The number of benzene rings is 2. The molecule has 0 heterocycles. The molecule has 0 unspecified atom stereocenters. The number of hydrogen-bond acceptors (Lipinski definition) is 2. The molecule has 2 rings (SSSR count). The van der Waals surface area contributed by atoms with E-state index in [4.69, 9.17) is 5.11 Å². The van der Waals surface area contributed by atoms with Gasteiger partial charge in [-0.3, -0.25) is 4.79 Å². The fourth-order valence-corrected chi connectivity index (χ4v) is 2.12. The largest absolute Gasteiger partial charge is 0.478 e. The Kier molecular flexibility index (Phi) is 4.32. The summed E-state index contributed by atoms with van der Waals surface area (Å²) < 4.78 is 26.3. The Balaban J connectivity index is 2.27. The zero-order valence-electron chi connectivity index (χ0n) is 10.4. The molecule has 0 saturated carbocycles. The van der Waals surface area contributed by atoms with Crippen LogP contribution >= 0.6 is 15.9 Å². The van der Waals surface area contributed by atoms with Gasteiger partial charge in [-0.15, -0.1) is 0 Å². The average Bonchev–Trinajstić information content (AvgIpc) is 2.41. The molecule has 2 N–H and O–H groups in total. The maximum absolute atomic E-state index is 13.1. The van der Waals surface area contributed by atoms with Crippen molar-refractivity contribution in [3.05, 3.63) is 63.6 Å². The van der Waals surface area contributed by atoms with E-state index in [2.05, 4.69) is 21.2 Å². The molecule has 0 aromatic heterocycles. The second-order valence-corrected chi connectivity index (χ2v) is 5.03. The molecule has 21 heavy (non-hydrogen) atoms. The molecule has 0 atom stereocenters. The summed E-state index contributed by atoms with van der Waals surface area (Å²) in [7, 11) is 0. The molecule has 108 valence electrons. The summed E-state index contributed by atoms with van der Waals surface area (Å²) in [6, 6.07) is 6.85. The standard InChI is InChI=1S/C14H8BrF2NO3/c15-9-3-8(14(20)21)4-10(6-9)18-13(19)7-1-2-11(16)12(17)5-7/h1-6H,(H,18,19)(H,20,21). The van der Waals surface area contributed by atoms with Gasteiger partial charge >= 0.3 is 5.97 Å². The molecule has 2 aromatic rings. The van der Waals surface area contributed by atoms with Crippen molar-refractivity contribution in [2.75, 3.05) is 5.32 Å². The number of carbonyl (C=O) groups excluding carboxylic acids is 1. The quantitative estimate of drug-likeness (QED) is 0.882. The fourth-order valence-electron chi connectivity index (χ4n) is 1.63. The molecule has 0 saturated heterocycles. The molecular weight excluding hydrogens is 348 g/mol. The lowest BCUT2D eigenvalue weighted by Crippen LogP contribution is -2.13. The summed E-state index contributed by atoms with van der Waals surface area (Å²) in [5.74, 6) is -4.02. The first kappa shape index (κ1) is 15.1. The van der Waals surface area contributed by atoms with Gasteiger partial charge in [-0.2, -0.15) is 0 Å². The van der Waals surface area contributed by atoms with E-state index in [1.54, 1.807) is 0 Å². The van der Waals surface area contributed by atoms with Crippen LogP contribution in [0.15, 0.2) is 40.9 Å². The lowest BCUT2D eigenvalue weighted by molar-refractivity contribution is 0.0696. The molecule has 0 aliphatic carbocycles.